The lowest BCUT2D eigenvalue weighted by Gasteiger charge is -2.21. The molecule has 0 radical (unpaired) electrons. The van der Waals surface area contributed by atoms with Crippen LogP contribution in [0.1, 0.15) is 31.7 Å². The fourth-order valence-corrected chi connectivity index (χ4v) is 2.56. The van der Waals surface area contributed by atoms with Gasteiger partial charge >= 0.3 is 0 Å². The highest BCUT2D eigenvalue weighted by atomic mass is 16.1. The summed E-state index contributed by atoms with van der Waals surface area (Å²) in [6.45, 7) is 6.23. The van der Waals surface area contributed by atoms with Gasteiger partial charge in [0.05, 0.1) is 6.54 Å². The summed E-state index contributed by atoms with van der Waals surface area (Å²) >= 11 is 0. The molecule has 2 rings (SSSR count). The Bertz CT molecular complexity index is 427. The Hall–Kier alpha value is -1.55. The van der Waals surface area contributed by atoms with E-state index in [1.54, 1.807) is 0 Å². The molecular formula is C16H25N3O. The van der Waals surface area contributed by atoms with Crippen molar-refractivity contribution in [3.8, 4) is 0 Å². The minimum Gasteiger partial charge on any atom is -0.371 e. The van der Waals surface area contributed by atoms with Crippen molar-refractivity contribution in [2.24, 2.45) is 0 Å². The number of nitrogens with zero attached hydrogens (tertiary/aromatic N) is 1. The molecule has 20 heavy (non-hydrogen) atoms. The Morgan fingerprint density at radius 3 is 2.75 bits per heavy atom. The Labute approximate surface area is 121 Å². The highest BCUT2D eigenvalue weighted by molar-refractivity contribution is 5.77. The molecule has 0 unspecified atom stereocenters. The summed E-state index contributed by atoms with van der Waals surface area (Å²) in [7, 11) is 0. The van der Waals surface area contributed by atoms with Crippen LogP contribution in [0.5, 0.6) is 0 Å². The van der Waals surface area contributed by atoms with Crippen LogP contribution in [-0.2, 0) is 11.3 Å². The van der Waals surface area contributed by atoms with Crippen molar-refractivity contribution in [2.75, 3.05) is 31.1 Å². The molecule has 1 saturated heterocycles. The van der Waals surface area contributed by atoms with Crippen LogP contribution in [0.15, 0.2) is 24.3 Å². The molecule has 0 aromatic heterocycles. The zero-order valence-corrected chi connectivity index (χ0v) is 12.3. The van der Waals surface area contributed by atoms with Crippen LogP contribution in [0.25, 0.3) is 0 Å². The Morgan fingerprint density at radius 2 is 2.00 bits per heavy atom. The number of amides is 1. The predicted octanol–water partition coefficient (Wildman–Crippen LogP) is 1.90. The molecule has 4 heteroatoms. The minimum atomic E-state index is 0.0745. The van der Waals surface area contributed by atoms with E-state index in [9.17, 15) is 4.79 Å². The normalized spacial score (nSPS) is 14.6. The van der Waals surface area contributed by atoms with Gasteiger partial charge in [-0.05, 0) is 30.9 Å². The molecule has 110 valence electrons. The van der Waals surface area contributed by atoms with E-state index in [0.29, 0.717) is 6.54 Å². The lowest BCUT2D eigenvalue weighted by atomic mass is 10.1. The van der Waals surface area contributed by atoms with Gasteiger partial charge in [0.15, 0.2) is 0 Å². The average molecular weight is 275 g/mol. The molecule has 1 amide bonds. The summed E-state index contributed by atoms with van der Waals surface area (Å²) in [4.78, 5) is 14.0. The first kappa shape index (κ1) is 14.9. The molecule has 2 N–H and O–H groups in total. The number of hydrogen-bond donors (Lipinski definition) is 2. The largest absolute Gasteiger partial charge is 0.371 e. The van der Waals surface area contributed by atoms with E-state index in [1.165, 1.54) is 24.1 Å². The van der Waals surface area contributed by atoms with Gasteiger partial charge in [0, 0.05) is 31.9 Å². The van der Waals surface area contributed by atoms with E-state index >= 15 is 0 Å². The average Bonchev–Trinajstić information content (AvgIpc) is 2.99. The third kappa shape index (κ3) is 4.23. The zero-order chi connectivity index (χ0) is 14.2. The number of carbonyl (C=O) groups is 1. The van der Waals surface area contributed by atoms with Crippen LogP contribution in [-0.4, -0.2) is 32.1 Å². The highest BCUT2D eigenvalue weighted by Gasteiger charge is 2.15. The van der Waals surface area contributed by atoms with Crippen LogP contribution in [0.2, 0.25) is 0 Å². The lowest BCUT2D eigenvalue weighted by molar-refractivity contribution is -0.120. The Morgan fingerprint density at radius 1 is 1.25 bits per heavy atom. The smallest absolute Gasteiger partial charge is 0.233 e. The summed E-state index contributed by atoms with van der Waals surface area (Å²) in [5.41, 5.74) is 2.59. The molecule has 4 nitrogen and oxygen atoms in total. The maximum Gasteiger partial charge on any atom is 0.233 e. The number of rotatable bonds is 7. The third-order valence-corrected chi connectivity index (χ3v) is 3.61. The van der Waals surface area contributed by atoms with E-state index in [0.717, 1.165) is 32.6 Å². The molecule has 0 aliphatic carbocycles. The van der Waals surface area contributed by atoms with Crippen molar-refractivity contribution in [1.29, 1.82) is 0 Å². The summed E-state index contributed by atoms with van der Waals surface area (Å²) in [5, 5.41) is 6.11. The Balaban J connectivity index is 1.84. The quantitative estimate of drug-likeness (QED) is 0.799. The van der Waals surface area contributed by atoms with Gasteiger partial charge in [0.2, 0.25) is 5.91 Å². The molecule has 1 heterocycles. The SMILES string of the molecule is CCCNC(=O)CNCc1ccccc1N1CCCC1. The molecular weight excluding hydrogens is 250 g/mol. The van der Waals surface area contributed by atoms with Gasteiger partial charge in [0.25, 0.3) is 0 Å². The molecule has 1 fully saturated rings. The van der Waals surface area contributed by atoms with Gasteiger partial charge in [-0.3, -0.25) is 4.79 Å². The molecule has 1 aromatic carbocycles. The second-order valence-corrected chi connectivity index (χ2v) is 5.28. The Kier molecular flexibility index (Phi) is 5.87. The van der Waals surface area contributed by atoms with Gasteiger partial charge in [-0.15, -0.1) is 0 Å². The molecule has 0 spiro atoms. The van der Waals surface area contributed by atoms with Crippen molar-refractivity contribution in [1.82, 2.24) is 10.6 Å². The number of carbonyl (C=O) groups excluding carboxylic acids is 1. The summed E-state index contributed by atoms with van der Waals surface area (Å²) in [6, 6.07) is 8.48. The first-order valence-electron chi connectivity index (χ1n) is 7.61. The van der Waals surface area contributed by atoms with Crippen LogP contribution >= 0.6 is 0 Å². The van der Waals surface area contributed by atoms with Crippen LogP contribution in [0.4, 0.5) is 5.69 Å². The van der Waals surface area contributed by atoms with E-state index in [1.807, 2.05) is 0 Å². The second kappa shape index (κ2) is 7.90. The van der Waals surface area contributed by atoms with Crippen LogP contribution in [0, 0.1) is 0 Å². The number of nitrogens with one attached hydrogen (secondary N) is 2. The fourth-order valence-electron chi connectivity index (χ4n) is 2.56. The van der Waals surface area contributed by atoms with Crippen molar-refractivity contribution in [2.45, 2.75) is 32.7 Å². The topological polar surface area (TPSA) is 44.4 Å². The molecule has 1 aliphatic heterocycles. The summed E-state index contributed by atoms with van der Waals surface area (Å²) < 4.78 is 0. The maximum absolute atomic E-state index is 11.5. The first-order chi connectivity index (χ1) is 9.81. The van der Waals surface area contributed by atoms with Gasteiger partial charge in [-0.1, -0.05) is 25.1 Å². The van der Waals surface area contributed by atoms with E-state index in [2.05, 4.69) is 46.7 Å². The van der Waals surface area contributed by atoms with Crippen molar-refractivity contribution in [3.05, 3.63) is 29.8 Å². The van der Waals surface area contributed by atoms with E-state index < -0.39 is 0 Å². The first-order valence-corrected chi connectivity index (χ1v) is 7.61. The van der Waals surface area contributed by atoms with E-state index in [4.69, 9.17) is 0 Å². The molecule has 0 bridgehead atoms. The predicted molar refractivity (Wildman–Crippen MR) is 82.9 cm³/mol. The minimum absolute atomic E-state index is 0.0745. The van der Waals surface area contributed by atoms with Crippen LogP contribution < -0.4 is 15.5 Å². The van der Waals surface area contributed by atoms with Gasteiger partial charge < -0.3 is 15.5 Å². The van der Waals surface area contributed by atoms with Crippen molar-refractivity contribution >= 4 is 11.6 Å². The lowest BCUT2D eigenvalue weighted by Crippen LogP contribution is -2.34. The molecule has 1 aliphatic rings. The summed E-state index contributed by atoms with van der Waals surface area (Å²) in [6.07, 6.45) is 3.53. The van der Waals surface area contributed by atoms with Gasteiger partial charge in [0.1, 0.15) is 0 Å². The number of benzene rings is 1. The zero-order valence-electron chi connectivity index (χ0n) is 12.3. The molecule has 0 atom stereocenters. The molecule has 0 saturated carbocycles. The third-order valence-electron chi connectivity index (χ3n) is 3.61. The standard InChI is InChI=1S/C16H25N3O/c1-2-9-18-16(20)13-17-12-14-7-3-4-8-15(14)19-10-5-6-11-19/h3-4,7-8,17H,2,5-6,9-13H2,1H3,(H,18,20). The number of para-hydroxylation sites is 1. The second-order valence-electron chi connectivity index (χ2n) is 5.28. The molecule has 1 aromatic rings. The van der Waals surface area contributed by atoms with Crippen molar-refractivity contribution < 1.29 is 4.79 Å². The highest BCUT2D eigenvalue weighted by Crippen LogP contribution is 2.24. The fraction of sp³-hybridized carbons (Fsp3) is 0.562. The number of anilines is 1. The van der Waals surface area contributed by atoms with Crippen LogP contribution in [0.3, 0.4) is 0 Å². The van der Waals surface area contributed by atoms with E-state index in [-0.39, 0.29) is 5.91 Å². The summed E-state index contributed by atoms with van der Waals surface area (Å²) in [5.74, 6) is 0.0745. The van der Waals surface area contributed by atoms with Crippen molar-refractivity contribution in [3.63, 3.8) is 0 Å². The number of hydrogen-bond acceptors (Lipinski definition) is 3. The van der Waals surface area contributed by atoms with Gasteiger partial charge in [-0.25, -0.2) is 0 Å². The maximum atomic E-state index is 11.5. The van der Waals surface area contributed by atoms with Gasteiger partial charge in [-0.2, -0.15) is 0 Å². The monoisotopic (exact) mass is 275 g/mol.